The second kappa shape index (κ2) is 6.86. The third-order valence-electron chi connectivity index (χ3n) is 3.24. The summed E-state index contributed by atoms with van der Waals surface area (Å²) in [6, 6.07) is 6.78. The van der Waals surface area contributed by atoms with Gasteiger partial charge in [0, 0.05) is 18.3 Å². The Morgan fingerprint density at radius 1 is 1.35 bits per heavy atom. The predicted molar refractivity (Wildman–Crippen MR) is 79.4 cm³/mol. The van der Waals surface area contributed by atoms with Crippen LogP contribution in [0.25, 0.3) is 0 Å². The molecule has 0 bridgehead atoms. The number of nitrogens with zero attached hydrogens (tertiary/aromatic N) is 2. The first kappa shape index (κ1) is 15.0. The smallest absolute Gasteiger partial charge is 0.146 e. The highest BCUT2D eigenvalue weighted by Crippen LogP contribution is 2.28. The molecule has 108 valence electrons. The van der Waals surface area contributed by atoms with E-state index in [1.54, 1.807) is 24.4 Å². The molecule has 0 amide bonds. The minimum absolute atomic E-state index is 0.147. The Hall–Kier alpha value is -1.39. The lowest BCUT2D eigenvalue weighted by Gasteiger charge is -2.21. The van der Waals surface area contributed by atoms with Crippen LogP contribution in [0.1, 0.15) is 37.6 Å². The average molecular weight is 296 g/mol. The van der Waals surface area contributed by atoms with E-state index in [1.807, 2.05) is 17.7 Å². The molecule has 1 N–H and O–H groups in total. The maximum atomic E-state index is 14.3. The molecule has 1 aromatic carbocycles. The average Bonchev–Trinajstić information content (AvgIpc) is 2.92. The van der Waals surface area contributed by atoms with Crippen LogP contribution in [-0.4, -0.2) is 16.3 Å². The summed E-state index contributed by atoms with van der Waals surface area (Å²) >= 11 is 5.90. The monoisotopic (exact) mass is 295 g/mol. The van der Waals surface area contributed by atoms with Crippen LogP contribution in [0, 0.1) is 5.82 Å². The van der Waals surface area contributed by atoms with Gasteiger partial charge in [0.25, 0.3) is 0 Å². The van der Waals surface area contributed by atoms with Gasteiger partial charge in [0.05, 0.1) is 16.8 Å². The molecule has 2 aromatic rings. The molecule has 0 aliphatic rings. The van der Waals surface area contributed by atoms with Crippen LogP contribution in [0.2, 0.25) is 5.02 Å². The van der Waals surface area contributed by atoms with Gasteiger partial charge in [-0.25, -0.2) is 4.39 Å². The molecule has 0 saturated heterocycles. The Morgan fingerprint density at radius 3 is 2.85 bits per heavy atom. The van der Waals surface area contributed by atoms with Crippen molar-refractivity contribution in [2.75, 3.05) is 6.54 Å². The molecule has 0 fully saturated rings. The zero-order chi connectivity index (χ0) is 14.5. The highest BCUT2D eigenvalue weighted by Gasteiger charge is 2.21. The van der Waals surface area contributed by atoms with Gasteiger partial charge in [-0.15, -0.1) is 0 Å². The van der Waals surface area contributed by atoms with Crippen LogP contribution in [0.5, 0.6) is 0 Å². The van der Waals surface area contributed by atoms with Gasteiger partial charge in [0.15, 0.2) is 0 Å². The molecule has 1 aromatic heterocycles. The summed E-state index contributed by atoms with van der Waals surface area (Å²) in [5.41, 5.74) is 1.50. The number of nitrogens with one attached hydrogen (secondary N) is 1. The molecular weight excluding hydrogens is 277 g/mol. The Balaban J connectivity index is 2.44. The summed E-state index contributed by atoms with van der Waals surface area (Å²) in [5, 5.41) is 7.78. The zero-order valence-electron chi connectivity index (χ0n) is 11.7. The highest BCUT2D eigenvalue weighted by atomic mass is 35.5. The molecule has 0 aliphatic carbocycles. The molecule has 5 heteroatoms. The molecule has 2 rings (SSSR count). The first-order valence-corrected chi connectivity index (χ1v) is 7.25. The van der Waals surface area contributed by atoms with Gasteiger partial charge in [-0.2, -0.15) is 5.10 Å². The summed E-state index contributed by atoms with van der Waals surface area (Å²) in [6.07, 6.45) is 2.71. The first-order chi connectivity index (χ1) is 9.69. The summed E-state index contributed by atoms with van der Waals surface area (Å²) in [4.78, 5) is 0. The largest absolute Gasteiger partial charge is 0.305 e. The normalized spacial score (nSPS) is 12.6. The number of halogens is 2. The van der Waals surface area contributed by atoms with E-state index in [2.05, 4.69) is 17.3 Å². The zero-order valence-corrected chi connectivity index (χ0v) is 12.5. The molecule has 0 radical (unpaired) electrons. The lowest BCUT2D eigenvalue weighted by Crippen LogP contribution is -2.26. The van der Waals surface area contributed by atoms with E-state index < -0.39 is 0 Å². The summed E-state index contributed by atoms with van der Waals surface area (Å²) < 4.78 is 16.2. The summed E-state index contributed by atoms with van der Waals surface area (Å²) in [6.45, 7) is 5.64. The van der Waals surface area contributed by atoms with Gasteiger partial charge >= 0.3 is 0 Å². The Bertz CT molecular complexity index is 568. The molecule has 1 unspecified atom stereocenters. The molecule has 0 aliphatic heterocycles. The van der Waals surface area contributed by atoms with Crippen LogP contribution in [0.15, 0.2) is 30.5 Å². The Kier molecular flexibility index (Phi) is 5.15. The van der Waals surface area contributed by atoms with E-state index in [9.17, 15) is 4.39 Å². The fraction of sp³-hybridized carbons (Fsp3) is 0.400. The van der Waals surface area contributed by atoms with Gasteiger partial charge < -0.3 is 5.32 Å². The van der Waals surface area contributed by atoms with E-state index >= 15 is 0 Å². The SMILES string of the molecule is CCCNC(c1cccc(Cl)c1F)c1ccnn1CC. The minimum Gasteiger partial charge on any atom is -0.305 e. The fourth-order valence-electron chi connectivity index (χ4n) is 2.26. The van der Waals surface area contributed by atoms with E-state index in [4.69, 9.17) is 11.6 Å². The van der Waals surface area contributed by atoms with E-state index in [0.29, 0.717) is 5.56 Å². The predicted octanol–water partition coefficient (Wildman–Crippen LogP) is 3.78. The van der Waals surface area contributed by atoms with E-state index in [-0.39, 0.29) is 16.9 Å². The summed E-state index contributed by atoms with van der Waals surface area (Å²) in [7, 11) is 0. The number of benzene rings is 1. The van der Waals surface area contributed by atoms with Crippen molar-refractivity contribution in [3.05, 3.63) is 52.6 Å². The number of aryl methyl sites for hydroxylation is 1. The quantitative estimate of drug-likeness (QED) is 0.879. The molecular formula is C15H19ClFN3. The third kappa shape index (κ3) is 3.02. The van der Waals surface area contributed by atoms with Crippen LogP contribution >= 0.6 is 11.6 Å². The molecule has 1 heterocycles. The van der Waals surface area contributed by atoms with Crippen LogP contribution < -0.4 is 5.32 Å². The van der Waals surface area contributed by atoms with Gasteiger partial charge in [-0.3, -0.25) is 4.68 Å². The van der Waals surface area contributed by atoms with Crippen molar-refractivity contribution in [2.45, 2.75) is 32.9 Å². The molecule has 20 heavy (non-hydrogen) atoms. The van der Waals surface area contributed by atoms with Crippen LogP contribution in [0.3, 0.4) is 0 Å². The molecule has 1 atom stereocenters. The van der Waals surface area contributed by atoms with Crippen molar-refractivity contribution < 1.29 is 4.39 Å². The first-order valence-electron chi connectivity index (χ1n) is 6.88. The van der Waals surface area contributed by atoms with Gasteiger partial charge in [0.2, 0.25) is 0 Å². The number of hydrogen-bond donors (Lipinski definition) is 1. The molecule has 0 saturated carbocycles. The van der Waals surface area contributed by atoms with Crippen molar-refractivity contribution in [1.82, 2.24) is 15.1 Å². The number of hydrogen-bond acceptors (Lipinski definition) is 2. The van der Waals surface area contributed by atoms with Gasteiger partial charge in [-0.05, 0) is 32.0 Å². The molecule has 3 nitrogen and oxygen atoms in total. The van der Waals surface area contributed by atoms with Gasteiger partial charge in [-0.1, -0.05) is 30.7 Å². The van der Waals surface area contributed by atoms with Crippen LogP contribution in [0.4, 0.5) is 4.39 Å². The number of rotatable bonds is 6. The highest BCUT2D eigenvalue weighted by molar-refractivity contribution is 6.30. The van der Waals surface area contributed by atoms with Crippen LogP contribution in [-0.2, 0) is 6.54 Å². The van der Waals surface area contributed by atoms with E-state index in [1.165, 1.54) is 0 Å². The lowest BCUT2D eigenvalue weighted by molar-refractivity contribution is 0.506. The van der Waals surface area contributed by atoms with Gasteiger partial charge in [0.1, 0.15) is 5.82 Å². The third-order valence-corrected chi connectivity index (χ3v) is 3.53. The minimum atomic E-state index is -0.369. The maximum Gasteiger partial charge on any atom is 0.146 e. The number of aromatic nitrogens is 2. The fourth-order valence-corrected chi connectivity index (χ4v) is 2.44. The second-order valence-corrected chi connectivity index (χ2v) is 5.01. The Morgan fingerprint density at radius 2 is 2.15 bits per heavy atom. The van der Waals surface area contributed by atoms with E-state index in [0.717, 1.165) is 25.2 Å². The Labute approximate surface area is 123 Å². The van der Waals surface area contributed by atoms with Crippen molar-refractivity contribution in [2.24, 2.45) is 0 Å². The van der Waals surface area contributed by atoms with Crippen molar-refractivity contribution in [3.8, 4) is 0 Å². The maximum absolute atomic E-state index is 14.3. The molecule has 0 spiro atoms. The lowest BCUT2D eigenvalue weighted by atomic mass is 10.0. The topological polar surface area (TPSA) is 29.9 Å². The second-order valence-electron chi connectivity index (χ2n) is 4.60. The van der Waals surface area contributed by atoms with Crippen molar-refractivity contribution in [3.63, 3.8) is 0 Å². The standard InChI is InChI=1S/C15H19ClFN3/c1-3-9-18-15(13-8-10-19-20(13)4-2)11-6-5-7-12(16)14(11)17/h5-8,10,15,18H,3-4,9H2,1-2H3. The van der Waals surface area contributed by atoms with Crippen molar-refractivity contribution in [1.29, 1.82) is 0 Å². The van der Waals surface area contributed by atoms with Crippen molar-refractivity contribution >= 4 is 11.6 Å². The summed E-state index contributed by atoms with van der Waals surface area (Å²) in [5.74, 6) is -0.369.